The molecule has 0 aliphatic heterocycles. The largest absolute Gasteiger partial charge is 0.325 e. The van der Waals surface area contributed by atoms with Gasteiger partial charge in [-0.05, 0) is 60.2 Å². The standard InChI is InChI=1S/C27H35N2O3P/c1-2-3-4-6-10-22-14-16-27(29-21-22)25-15-13-23(20-28-17-9-18-33(30,31)32)19-26(25)24-11-7-5-8-12-24/h5,7-8,11-16,19,21,28H,2-4,6,9-10,17-18,20H2,1H3,(H2,30,31,32). The highest BCUT2D eigenvalue weighted by Crippen LogP contribution is 2.35. The summed E-state index contributed by atoms with van der Waals surface area (Å²) in [6, 6.07) is 21.0. The van der Waals surface area contributed by atoms with E-state index in [9.17, 15) is 4.57 Å². The molecule has 176 valence electrons. The zero-order valence-electron chi connectivity index (χ0n) is 19.4. The summed E-state index contributed by atoms with van der Waals surface area (Å²) in [6.45, 7) is 3.44. The van der Waals surface area contributed by atoms with Crippen LogP contribution in [0.25, 0.3) is 22.4 Å². The molecule has 0 unspecified atom stereocenters. The zero-order chi connectivity index (χ0) is 23.5. The van der Waals surface area contributed by atoms with E-state index < -0.39 is 7.60 Å². The van der Waals surface area contributed by atoms with E-state index in [2.05, 4.69) is 54.7 Å². The molecule has 0 spiro atoms. The van der Waals surface area contributed by atoms with E-state index in [-0.39, 0.29) is 6.16 Å². The molecule has 33 heavy (non-hydrogen) atoms. The molecule has 0 radical (unpaired) electrons. The number of aromatic nitrogens is 1. The van der Waals surface area contributed by atoms with Crippen LogP contribution in [0.15, 0.2) is 66.9 Å². The summed E-state index contributed by atoms with van der Waals surface area (Å²) < 4.78 is 11.0. The maximum Gasteiger partial charge on any atom is 0.325 e. The Balaban J connectivity index is 1.74. The first-order valence-electron chi connectivity index (χ1n) is 11.9. The van der Waals surface area contributed by atoms with Crippen LogP contribution in [0, 0.1) is 0 Å². The third kappa shape index (κ3) is 8.53. The highest BCUT2D eigenvalue weighted by molar-refractivity contribution is 7.51. The van der Waals surface area contributed by atoms with Gasteiger partial charge in [0, 0.05) is 18.3 Å². The van der Waals surface area contributed by atoms with Crippen molar-refractivity contribution >= 4 is 7.60 Å². The van der Waals surface area contributed by atoms with Gasteiger partial charge in [0.05, 0.1) is 11.9 Å². The second-order valence-corrected chi connectivity index (χ2v) is 10.3. The number of nitrogens with one attached hydrogen (secondary N) is 1. The molecule has 0 amide bonds. The minimum atomic E-state index is -3.93. The number of aryl methyl sites for hydroxylation is 1. The molecule has 0 fully saturated rings. The minimum absolute atomic E-state index is 0.0888. The third-order valence-corrected chi connectivity index (χ3v) is 6.62. The molecule has 0 bridgehead atoms. The molecule has 0 saturated carbocycles. The first-order chi connectivity index (χ1) is 16.0. The van der Waals surface area contributed by atoms with Gasteiger partial charge in [0.15, 0.2) is 0 Å². The summed E-state index contributed by atoms with van der Waals surface area (Å²) in [6.07, 6.45) is 8.45. The first kappa shape index (κ1) is 25.3. The van der Waals surface area contributed by atoms with Gasteiger partial charge in [-0.2, -0.15) is 0 Å². The Kier molecular flexibility index (Phi) is 9.83. The topological polar surface area (TPSA) is 82.5 Å². The Bertz CT molecular complexity index is 1030. The van der Waals surface area contributed by atoms with Crippen LogP contribution in [-0.4, -0.2) is 27.5 Å². The maximum absolute atomic E-state index is 11.0. The predicted molar refractivity (Wildman–Crippen MR) is 136 cm³/mol. The van der Waals surface area contributed by atoms with Gasteiger partial charge in [-0.25, -0.2) is 0 Å². The molecular weight excluding hydrogens is 431 g/mol. The third-order valence-electron chi connectivity index (χ3n) is 5.72. The molecule has 3 aromatic rings. The van der Waals surface area contributed by atoms with Crippen molar-refractivity contribution < 1.29 is 14.4 Å². The maximum atomic E-state index is 11.0. The SMILES string of the molecule is CCCCCCc1ccc(-c2ccc(CNCCCP(=O)(O)O)cc2-c2ccccc2)nc1. The van der Waals surface area contributed by atoms with Crippen LogP contribution < -0.4 is 5.32 Å². The molecule has 0 atom stereocenters. The summed E-state index contributed by atoms with van der Waals surface area (Å²) in [4.78, 5) is 22.8. The first-order valence-corrected chi connectivity index (χ1v) is 13.6. The van der Waals surface area contributed by atoms with Crippen LogP contribution in [-0.2, 0) is 17.5 Å². The number of hydrogen-bond donors (Lipinski definition) is 3. The second-order valence-electron chi connectivity index (χ2n) is 8.53. The normalized spacial score (nSPS) is 11.6. The molecule has 3 rings (SSSR count). The van der Waals surface area contributed by atoms with E-state index >= 15 is 0 Å². The van der Waals surface area contributed by atoms with Crippen molar-refractivity contribution in [1.29, 1.82) is 0 Å². The second kappa shape index (κ2) is 12.8. The zero-order valence-corrected chi connectivity index (χ0v) is 20.3. The smallest absolute Gasteiger partial charge is 0.324 e. The van der Waals surface area contributed by atoms with Gasteiger partial charge in [-0.15, -0.1) is 0 Å². The van der Waals surface area contributed by atoms with Crippen LogP contribution in [0.4, 0.5) is 0 Å². The van der Waals surface area contributed by atoms with Crippen molar-refractivity contribution in [2.75, 3.05) is 12.7 Å². The molecule has 1 heterocycles. The van der Waals surface area contributed by atoms with Gasteiger partial charge in [-0.1, -0.05) is 74.7 Å². The fourth-order valence-corrected chi connectivity index (χ4v) is 4.48. The number of pyridine rings is 1. The quantitative estimate of drug-likeness (QED) is 0.206. The summed E-state index contributed by atoms with van der Waals surface area (Å²) in [5.41, 5.74) is 6.75. The van der Waals surface area contributed by atoms with Crippen molar-refractivity contribution in [1.82, 2.24) is 10.3 Å². The molecule has 0 aliphatic rings. The van der Waals surface area contributed by atoms with Gasteiger partial charge < -0.3 is 15.1 Å². The van der Waals surface area contributed by atoms with Gasteiger partial charge in [0.2, 0.25) is 0 Å². The number of unbranched alkanes of at least 4 members (excludes halogenated alkanes) is 3. The molecule has 3 N–H and O–H groups in total. The summed E-state index contributed by atoms with van der Waals surface area (Å²) in [7, 11) is -3.93. The average molecular weight is 467 g/mol. The number of nitrogens with zero attached hydrogens (tertiary/aromatic N) is 1. The lowest BCUT2D eigenvalue weighted by Crippen LogP contribution is -2.15. The van der Waals surface area contributed by atoms with Gasteiger partial charge >= 0.3 is 7.60 Å². The Hall–Kier alpha value is -2.30. The number of benzene rings is 2. The van der Waals surface area contributed by atoms with E-state index in [0.29, 0.717) is 19.5 Å². The monoisotopic (exact) mass is 466 g/mol. The van der Waals surface area contributed by atoms with E-state index in [0.717, 1.165) is 34.4 Å². The molecule has 5 nitrogen and oxygen atoms in total. The van der Waals surface area contributed by atoms with Crippen LogP contribution >= 0.6 is 7.60 Å². The Labute approximate surface area is 197 Å². The fraction of sp³-hybridized carbons (Fsp3) is 0.370. The summed E-state index contributed by atoms with van der Waals surface area (Å²) in [5, 5.41) is 3.29. The van der Waals surface area contributed by atoms with E-state index in [1.54, 1.807) is 0 Å². The van der Waals surface area contributed by atoms with Crippen LogP contribution in [0.2, 0.25) is 0 Å². The van der Waals surface area contributed by atoms with Crippen molar-refractivity contribution in [3.63, 3.8) is 0 Å². The van der Waals surface area contributed by atoms with Crippen molar-refractivity contribution in [2.24, 2.45) is 0 Å². The molecular formula is C27H35N2O3P. The molecule has 6 heteroatoms. The lowest BCUT2D eigenvalue weighted by molar-refractivity contribution is 0.371. The lowest BCUT2D eigenvalue weighted by Gasteiger charge is -2.13. The van der Waals surface area contributed by atoms with Crippen LogP contribution in [0.1, 0.15) is 50.2 Å². The predicted octanol–water partition coefficient (Wildman–Crippen LogP) is 6.20. The minimum Gasteiger partial charge on any atom is -0.324 e. The number of hydrogen-bond acceptors (Lipinski definition) is 3. The van der Waals surface area contributed by atoms with Crippen LogP contribution in [0.5, 0.6) is 0 Å². The highest BCUT2D eigenvalue weighted by Gasteiger charge is 2.12. The van der Waals surface area contributed by atoms with E-state index in [1.165, 1.54) is 31.2 Å². The number of rotatable bonds is 13. The Morgan fingerprint density at radius 2 is 1.67 bits per heavy atom. The molecule has 2 aromatic carbocycles. The fourth-order valence-electron chi connectivity index (χ4n) is 3.91. The van der Waals surface area contributed by atoms with Crippen molar-refractivity contribution in [3.05, 3.63) is 78.0 Å². The van der Waals surface area contributed by atoms with Crippen LogP contribution in [0.3, 0.4) is 0 Å². The van der Waals surface area contributed by atoms with Crippen molar-refractivity contribution in [2.45, 2.75) is 52.0 Å². The molecule has 0 aliphatic carbocycles. The van der Waals surface area contributed by atoms with E-state index in [4.69, 9.17) is 14.8 Å². The summed E-state index contributed by atoms with van der Waals surface area (Å²) in [5.74, 6) is 0. The van der Waals surface area contributed by atoms with Crippen molar-refractivity contribution in [3.8, 4) is 22.4 Å². The van der Waals surface area contributed by atoms with E-state index in [1.807, 2.05) is 24.4 Å². The Morgan fingerprint density at radius 3 is 2.36 bits per heavy atom. The molecule has 1 aromatic heterocycles. The van der Waals surface area contributed by atoms with Gasteiger partial charge in [-0.3, -0.25) is 9.55 Å². The molecule has 0 saturated heterocycles. The van der Waals surface area contributed by atoms with Gasteiger partial charge in [0.25, 0.3) is 0 Å². The highest BCUT2D eigenvalue weighted by atomic mass is 31.2. The summed E-state index contributed by atoms with van der Waals surface area (Å²) >= 11 is 0. The Morgan fingerprint density at radius 1 is 0.879 bits per heavy atom. The average Bonchev–Trinajstić information content (AvgIpc) is 2.82. The van der Waals surface area contributed by atoms with Gasteiger partial charge in [0.1, 0.15) is 0 Å². The lowest BCUT2D eigenvalue weighted by atomic mass is 9.94.